The lowest BCUT2D eigenvalue weighted by atomic mass is 9.83. The van der Waals surface area contributed by atoms with Crippen LogP contribution in [0, 0.1) is 0 Å². The first-order valence-electron chi connectivity index (χ1n) is 27.2. The number of fused-ring (bicyclic) bond motifs is 1. The average molecular weight is 802 g/mol. The zero-order valence-electron chi connectivity index (χ0n) is 48.9. The Kier molecular flexibility index (Phi) is 7.02. The third-order valence-corrected chi connectivity index (χ3v) is 11.1. The molecule has 0 aliphatic heterocycles. The largest absolute Gasteiger partial charge is 0.507 e. The SMILES string of the molecule is [2H]c1c([2H])c([2H])c(-c2ccnc(-c3cc(-c4cccc5c4nc(-c4cc(C(C)C)cc(C(C)C)c4O)n5-c4ccc(C(C([2H])([2H])[2H])(C([2H])([2H])[2H])C([2H])([2H])[2H])cc4-c4ccccc4)cc(C(C)(C)C)c3)c2)c([2H])c1[2H]. The number of hydrogen-bond donors (Lipinski definition) is 1. The van der Waals surface area contributed by atoms with Crippen LogP contribution in [0.2, 0.25) is 0 Å². The molecule has 0 unspecified atom stereocenters. The van der Waals surface area contributed by atoms with E-state index in [0.29, 0.717) is 67.2 Å². The van der Waals surface area contributed by atoms with Crippen molar-refractivity contribution in [2.75, 3.05) is 0 Å². The Balaban J connectivity index is 1.48. The molecule has 302 valence electrons. The Morgan fingerprint density at radius 2 is 1.37 bits per heavy atom. The van der Waals surface area contributed by atoms with Gasteiger partial charge in [0, 0.05) is 35.2 Å². The highest BCUT2D eigenvalue weighted by atomic mass is 16.3. The number of imidazole rings is 1. The fourth-order valence-corrected chi connectivity index (χ4v) is 7.70. The number of aromatic nitrogens is 3. The van der Waals surface area contributed by atoms with Crippen LogP contribution in [-0.2, 0) is 10.8 Å². The Bertz CT molecular complexity index is 3410. The van der Waals surface area contributed by atoms with E-state index in [0.717, 1.165) is 16.7 Å². The zero-order valence-corrected chi connectivity index (χ0v) is 34.9. The van der Waals surface area contributed by atoms with Crippen LogP contribution in [-0.4, -0.2) is 19.6 Å². The molecular formula is C56H57N3O. The standard InChI is InChI=1S/C56H57N3O/c1-35(2)40-31-46(36(3)4)53(60)48(32-40)54-58-52-45(22-17-23-51(52)59(54)50-25-24-43(55(5,6)7)34-47(50)38-20-15-12-16-21-38)41-28-42(30-44(29-41)56(8,9)10)49-33-39(26-27-57-49)37-18-13-11-14-19-37/h11-36,60H,1-10H3/i5D3,6D3,7D3,11D,13D,14D,18D,19D. The van der Waals surface area contributed by atoms with E-state index in [4.69, 9.17) is 29.2 Å². The third kappa shape index (κ3) is 7.79. The lowest BCUT2D eigenvalue weighted by Crippen LogP contribution is -2.12. The molecule has 0 aliphatic carbocycles. The van der Waals surface area contributed by atoms with Gasteiger partial charge >= 0.3 is 0 Å². The third-order valence-electron chi connectivity index (χ3n) is 11.1. The number of para-hydroxylation sites is 1. The number of phenolic OH excluding ortho intramolecular Hbond substituents is 1. The Morgan fingerprint density at radius 3 is 2.07 bits per heavy atom. The van der Waals surface area contributed by atoms with Gasteiger partial charge in [0.2, 0.25) is 0 Å². The molecular weight excluding hydrogens is 731 g/mol. The van der Waals surface area contributed by atoms with E-state index in [1.165, 1.54) is 18.2 Å². The molecule has 6 aromatic carbocycles. The maximum absolute atomic E-state index is 12.4. The van der Waals surface area contributed by atoms with Crippen LogP contribution in [0.1, 0.15) is 122 Å². The molecule has 0 saturated carbocycles. The minimum Gasteiger partial charge on any atom is -0.507 e. The normalized spacial score (nSPS) is 16.2. The molecule has 0 saturated heterocycles. The number of pyridine rings is 1. The molecule has 0 radical (unpaired) electrons. The van der Waals surface area contributed by atoms with Crippen LogP contribution < -0.4 is 0 Å². The predicted octanol–water partition coefficient (Wildman–Crippen LogP) is 15.3. The molecule has 8 aromatic rings. The second kappa shape index (κ2) is 15.7. The molecule has 4 heteroatoms. The fraction of sp³-hybridized carbons (Fsp3) is 0.250. The van der Waals surface area contributed by atoms with E-state index in [1.54, 1.807) is 48.7 Å². The molecule has 1 N–H and O–H groups in total. The van der Waals surface area contributed by atoms with Gasteiger partial charge in [-0.1, -0.05) is 160 Å². The maximum atomic E-state index is 12.4. The second-order valence-corrected chi connectivity index (χ2v) is 17.1. The van der Waals surface area contributed by atoms with Crippen molar-refractivity contribution in [2.24, 2.45) is 0 Å². The first kappa shape index (κ1) is 26.8. The summed E-state index contributed by atoms with van der Waals surface area (Å²) >= 11 is 0. The van der Waals surface area contributed by atoms with Crippen LogP contribution in [0.5, 0.6) is 5.75 Å². The van der Waals surface area contributed by atoms with E-state index in [2.05, 4.69) is 40.7 Å². The fourth-order valence-electron chi connectivity index (χ4n) is 7.70. The topological polar surface area (TPSA) is 50.9 Å². The van der Waals surface area contributed by atoms with Gasteiger partial charge in [0.1, 0.15) is 11.6 Å². The summed E-state index contributed by atoms with van der Waals surface area (Å²) < 4.78 is 121. The molecule has 0 bridgehead atoms. The quantitative estimate of drug-likeness (QED) is 0.166. The minimum atomic E-state index is -3.52. The van der Waals surface area contributed by atoms with Gasteiger partial charge in [0.05, 0.1) is 34.8 Å². The molecule has 0 atom stereocenters. The highest BCUT2D eigenvalue weighted by Gasteiger charge is 2.27. The lowest BCUT2D eigenvalue weighted by Gasteiger charge is -2.23. The Morgan fingerprint density at radius 1 is 0.617 bits per heavy atom. The van der Waals surface area contributed by atoms with E-state index >= 15 is 0 Å². The van der Waals surface area contributed by atoms with E-state index < -0.39 is 55.1 Å². The van der Waals surface area contributed by atoms with E-state index in [9.17, 15) is 5.11 Å². The molecule has 8 rings (SSSR count). The molecule has 0 fully saturated rings. The number of hydrogen-bond acceptors (Lipinski definition) is 3. The van der Waals surface area contributed by atoms with E-state index in [1.807, 2.05) is 60.9 Å². The van der Waals surface area contributed by atoms with Crippen molar-refractivity contribution in [3.8, 4) is 67.5 Å². The van der Waals surface area contributed by atoms with Crippen LogP contribution in [0.15, 0.2) is 146 Å². The maximum Gasteiger partial charge on any atom is 0.149 e. The van der Waals surface area contributed by atoms with Crippen molar-refractivity contribution in [1.29, 1.82) is 0 Å². The number of phenols is 1. The van der Waals surface area contributed by atoms with Crippen LogP contribution in [0.4, 0.5) is 0 Å². The summed E-state index contributed by atoms with van der Waals surface area (Å²) in [6, 6.07) is 29.8. The van der Waals surface area contributed by atoms with Gasteiger partial charge in [-0.15, -0.1) is 0 Å². The average Bonchev–Trinajstić information content (AvgIpc) is 3.71. The first-order valence-corrected chi connectivity index (χ1v) is 20.2. The molecule has 60 heavy (non-hydrogen) atoms. The van der Waals surface area contributed by atoms with Gasteiger partial charge in [-0.3, -0.25) is 9.55 Å². The van der Waals surface area contributed by atoms with Crippen molar-refractivity contribution in [3.05, 3.63) is 168 Å². The van der Waals surface area contributed by atoms with Gasteiger partial charge in [0.15, 0.2) is 0 Å². The number of benzene rings is 6. The molecule has 2 heterocycles. The van der Waals surface area contributed by atoms with Gasteiger partial charge in [0.25, 0.3) is 0 Å². The smallest absolute Gasteiger partial charge is 0.149 e. The van der Waals surface area contributed by atoms with Crippen LogP contribution in [0.25, 0.3) is 72.7 Å². The lowest BCUT2D eigenvalue weighted by molar-refractivity contribution is 0.466. The van der Waals surface area contributed by atoms with Crippen molar-refractivity contribution in [2.45, 2.75) is 91.7 Å². The van der Waals surface area contributed by atoms with Crippen molar-refractivity contribution >= 4 is 11.0 Å². The highest BCUT2D eigenvalue weighted by molar-refractivity contribution is 5.98. The number of nitrogens with zero attached hydrogens (tertiary/aromatic N) is 3. The molecule has 2 aromatic heterocycles. The Labute approximate surface area is 376 Å². The van der Waals surface area contributed by atoms with Gasteiger partial charge in [-0.05, 0) is 116 Å². The molecule has 4 nitrogen and oxygen atoms in total. The summed E-state index contributed by atoms with van der Waals surface area (Å²) in [4.78, 5) is 10.2. The molecule has 0 spiro atoms. The second-order valence-electron chi connectivity index (χ2n) is 17.1. The van der Waals surface area contributed by atoms with Crippen molar-refractivity contribution < 1.29 is 24.3 Å². The van der Waals surface area contributed by atoms with Crippen LogP contribution >= 0.6 is 0 Å². The zero-order chi connectivity index (χ0) is 54.4. The number of rotatable bonds is 8. The first-order chi connectivity index (χ1) is 34.4. The summed E-state index contributed by atoms with van der Waals surface area (Å²) in [6.07, 6.45) is 1.54. The summed E-state index contributed by atoms with van der Waals surface area (Å²) in [5.74, 6) is 0.208. The molecule has 0 amide bonds. The summed E-state index contributed by atoms with van der Waals surface area (Å²) in [5, 5.41) is 12.4. The summed E-state index contributed by atoms with van der Waals surface area (Å²) in [6.45, 7) is 3.73. The summed E-state index contributed by atoms with van der Waals surface area (Å²) in [5.41, 5.74) is 4.03. The van der Waals surface area contributed by atoms with Crippen molar-refractivity contribution in [3.63, 3.8) is 0 Å². The monoisotopic (exact) mass is 802 g/mol. The minimum absolute atomic E-state index is 0.00584. The van der Waals surface area contributed by atoms with Crippen molar-refractivity contribution in [1.82, 2.24) is 14.5 Å². The highest BCUT2D eigenvalue weighted by Crippen LogP contribution is 2.45. The van der Waals surface area contributed by atoms with Gasteiger partial charge in [-0.25, -0.2) is 4.98 Å². The van der Waals surface area contributed by atoms with Gasteiger partial charge < -0.3 is 5.11 Å². The van der Waals surface area contributed by atoms with Crippen LogP contribution in [0.3, 0.4) is 0 Å². The van der Waals surface area contributed by atoms with Gasteiger partial charge in [-0.2, -0.15) is 0 Å². The van der Waals surface area contributed by atoms with E-state index in [-0.39, 0.29) is 35.2 Å². The molecule has 0 aliphatic rings. The summed E-state index contributed by atoms with van der Waals surface area (Å²) in [7, 11) is 0. The Hall–Kier alpha value is -6.26. The predicted molar refractivity (Wildman–Crippen MR) is 253 cm³/mol. The number of aromatic hydroxyl groups is 1.